The molecule has 19 heavy (non-hydrogen) atoms. The number of nitrogens with two attached hydrogens (primary N) is 1. The van der Waals surface area contributed by atoms with Crippen molar-refractivity contribution in [3.63, 3.8) is 0 Å². The van der Waals surface area contributed by atoms with Gasteiger partial charge < -0.3 is 10.5 Å². The van der Waals surface area contributed by atoms with Gasteiger partial charge in [0, 0.05) is 5.69 Å². The highest BCUT2D eigenvalue weighted by Crippen LogP contribution is 2.22. The first-order valence-corrected chi connectivity index (χ1v) is 6.18. The van der Waals surface area contributed by atoms with Crippen LogP contribution in [0.25, 0.3) is 0 Å². The zero-order chi connectivity index (χ0) is 13.7. The van der Waals surface area contributed by atoms with Crippen molar-refractivity contribution in [2.45, 2.75) is 12.3 Å². The van der Waals surface area contributed by atoms with Gasteiger partial charge in [0.05, 0.1) is 13.0 Å². The molecule has 0 spiro atoms. The number of anilines is 1. The minimum atomic E-state index is -0.283. The molecule has 0 aliphatic carbocycles. The lowest BCUT2D eigenvalue weighted by Gasteiger charge is -2.15. The van der Waals surface area contributed by atoms with E-state index >= 15 is 0 Å². The smallest absolute Gasteiger partial charge is 0.313 e. The van der Waals surface area contributed by atoms with Gasteiger partial charge in [0.1, 0.15) is 0 Å². The number of carbonyl (C=O) groups is 1. The minimum absolute atomic E-state index is 0.219. The second-order valence-electron chi connectivity index (χ2n) is 4.43. The highest BCUT2D eigenvalue weighted by molar-refractivity contribution is 5.78. The number of hydrogen-bond acceptors (Lipinski definition) is 3. The topological polar surface area (TPSA) is 52.3 Å². The Hall–Kier alpha value is -2.29. The van der Waals surface area contributed by atoms with Crippen LogP contribution in [0.5, 0.6) is 0 Å². The summed E-state index contributed by atoms with van der Waals surface area (Å²) >= 11 is 0. The third-order valence-corrected chi connectivity index (χ3v) is 3.11. The van der Waals surface area contributed by atoms with Crippen molar-refractivity contribution in [1.29, 1.82) is 0 Å². The van der Waals surface area contributed by atoms with Gasteiger partial charge in [0.2, 0.25) is 0 Å². The van der Waals surface area contributed by atoms with E-state index in [0.29, 0.717) is 6.42 Å². The Labute approximate surface area is 113 Å². The SMILES string of the molecule is COC(=O)[C@@H](Cc1ccc(N)cc1)c1ccccc1. The Morgan fingerprint density at radius 2 is 1.74 bits per heavy atom. The van der Waals surface area contributed by atoms with E-state index in [1.165, 1.54) is 7.11 Å². The predicted molar refractivity (Wildman–Crippen MR) is 75.8 cm³/mol. The van der Waals surface area contributed by atoms with Gasteiger partial charge in [0.25, 0.3) is 0 Å². The highest BCUT2D eigenvalue weighted by Gasteiger charge is 2.21. The molecule has 0 unspecified atom stereocenters. The molecule has 2 N–H and O–H groups in total. The zero-order valence-electron chi connectivity index (χ0n) is 10.9. The first kappa shape index (κ1) is 13.1. The van der Waals surface area contributed by atoms with Gasteiger partial charge >= 0.3 is 5.97 Å². The Morgan fingerprint density at radius 1 is 1.11 bits per heavy atom. The predicted octanol–water partition coefficient (Wildman–Crippen LogP) is 2.77. The molecule has 2 aromatic carbocycles. The highest BCUT2D eigenvalue weighted by atomic mass is 16.5. The van der Waals surface area contributed by atoms with Gasteiger partial charge in [-0.1, -0.05) is 42.5 Å². The minimum Gasteiger partial charge on any atom is -0.469 e. The maximum atomic E-state index is 11.9. The normalized spacial score (nSPS) is 11.8. The average Bonchev–Trinajstić information content (AvgIpc) is 2.47. The fourth-order valence-corrected chi connectivity index (χ4v) is 2.05. The molecular formula is C16H17NO2. The molecule has 0 fully saturated rings. The number of carbonyl (C=O) groups excluding carboxylic acids is 1. The molecule has 0 saturated carbocycles. The van der Waals surface area contributed by atoms with Crippen molar-refractivity contribution in [3.8, 4) is 0 Å². The van der Waals surface area contributed by atoms with Crippen molar-refractivity contribution in [1.82, 2.24) is 0 Å². The summed E-state index contributed by atoms with van der Waals surface area (Å²) in [6, 6.07) is 17.2. The molecule has 0 aromatic heterocycles. The van der Waals surface area contributed by atoms with Crippen LogP contribution < -0.4 is 5.73 Å². The summed E-state index contributed by atoms with van der Waals surface area (Å²) in [4.78, 5) is 11.9. The lowest BCUT2D eigenvalue weighted by Crippen LogP contribution is -2.16. The van der Waals surface area contributed by atoms with Crippen LogP contribution in [-0.2, 0) is 16.0 Å². The molecule has 98 valence electrons. The van der Waals surface area contributed by atoms with E-state index < -0.39 is 0 Å². The quantitative estimate of drug-likeness (QED) is 0.675. The maximum Gasteiger partial charge on any atom is 0.313 e. The molecule has 0 aliphatic rings. The summed E-state index contributed by atoms with van der Waals surface area (Å²) in [5.74, 6) is -0.502. The molecule has 0 aliphatic heterocycles. The number of benzene rings is 2. The monoisotopic (exact) mass is 255 g/mol. The molecule has 0 saturated heterocycles. The van der Waals surface area contributed by atoms with Crippen molar-refractivity contribution in [2.24, 2.45) is 0 Å². The molecular weight excluding hydrogens is 238 g/mol. The van der Waals surface area contributed by atoms with E-state index in [9.17, 15) is 4.79 Å². The average molecular weight is 255 g/mol. The van der Waals surface area contributed by atoms with Crippen molar-refractivity contribution in [2.75, 3.05) is 12.8 Å². The van der Waals surface area contributed by atoms with Crippen molar-refractivity contribution < 1.29 is 9.53 Å². The summed E-state index contributed by atoms with van der Waals surface area (Å²) < 4.78 is 4.90. The Morgan fingerprint density at radius 3 is 2.32 bits per heavy atom. The van der Waals surface area contributed by atoms with Gasteiger partial charge in [-0.05, 0) is 29.7 Å². The first-order valence-electron chi connectivity index (χ1n) is 6.18. The molecule has 0 heterocycles. The van der Waals surface area contributed by atoms with Gasteiger partial charge in [-0.3, -0.25) is 4.79 Å². The number of hydrogen-bond donors (Lipinski definition) is 1. The Balaban J connectivity index is 2.24. The van der Waals surface area contributed by atoms with Crippen LogP contribution in [0.4, 0.5) is 5.69 Å². The van der Waals surface area contributed by atoms with Gasteiger partial charge in [-0.25, -0.2) is 0 Å². The largest absolute Gasteiger partial charge is 0.469 e. The van der Waals surface area contributed by atoms with Crippen LogP contribution in [0.2, 0.25) is 0 Å². The molecule has 3 heteroatoms. The summed E-state index contributed by atoms with van der Waals surface area (Å²) in [7, 11) is 1.42. The van der Waals surface area contributed by atoms with E-state index in [-0.39, 0.29) is 11.9 Å². The van der Waals surface area contributed by atoms with E-state index in [1.54, 1.807) is 0 Å². The van der Waals surface area contributed by atoms with Gasteiger partial charge in [-0.15, -0.1) is 0 Å². The molecule has 0 bridgehead atoms. The maximum absolute atomic E-state index is 11.9. The van der Waals surface area contributed by atoms with E-state index in [2.05, 4.69) is 0 Å². The van der Waals surface area contributed by atoms with Crippen molar-refractivity contribution >= 4 is 11.7 Å². The lowest BCUT2D eigenvalue weighted by molar-refractivity contribution is -0.142. The standard InChI is InChI=1S/C16H17NO2/c1-19-16(18)15(13-5-3-2-4-6-13)11-12-7-9-14(17)10-8-12/h2-10,15H,11,17H2,1H3/t15-/m0/s1. The van der Waals surface area contributed by atoms with Crippen LogP contribution in [0.1, 0.15) is 17.0 Å². The van der Waals surface area contributed by atoms with Gasteiger partial charge in [-0.2, -0.15) is 0 Å². The summed E-state index contributed by atoms with van der Waals surface area (Å²) in [5, 5.41) is 0. The van der Waals surface area contributed by atoms with E-state index in [4.69, 9.17) is 10.5 Å². The van der Waals surface area contributed by atoms with E-state index in [1.807, 2.05) is 54.6 Å². The number of rotatable bonds is 4. The number of ether oxygens (including phenoxy) is 1. The zero-order valence-corrected chi connectivity index (χ0v) is 10.9. The molecule has 1 atom stereocenters. The fourth-order valence-electron chi connectivity index (χ4n) is 2.05. The van der Waals surface area contributed by atoms with Crippen LogP contribution in [-0.4, -0.2) is 13.1 Å². The van der Waals surface area contributed by atoms with Crippen LogP contribution in [0, 0.1) is 0 Å². The number of nitrogen functional groups attached to an aromatic ring is 1. The van der Waals surface area contributed by atoms with Crippen LogP contribution in [0.3, 0.4) is 0 Å². The van der Waals surface area contributed by atoms with Gasteiger partial charge in [0.15, 0.2) is 0 Å². The summed E-state index contributed by atoms with van der Waals surface area (Å²) in [6.45, 7) is 0. The molecule has 0 radical (unpaired) electrons. The summed E-state index contributed by atoms with van der Waals surface area (Å²) in [6.07, 6.45) is 0.608. The Kier molecular flexibility index (Phi) is 4.18. The van der Waals surface area contributed by atoms with Crippen LogP contribution >= 0.6 is 0 Å². The second-order valence-corrected chi connectivity index (χ2v) is 4.43. The number of methoxy groups -OCH3 is 1. The fraction of sp³-hybridized carbons (Fsp3) is 0.188. The number of esters is 1. The third-order valence-electron chi connectivity index (χ3n) is 3.11. The van der Waals surface area contributed by atoms with E-state index in [0.717, 1.165) is 16.8 Å². The lowest BCUT2D eigenvalue weighted by atomic mass is 9.92. The van der Waals surface area contributed by atoms with Crippen LogP contribution in [0.15, 0.2) is 54.6 Å². The first-order chi connectivity index (χ1) is 9.20. The molecule has 2 rings (SSSR count). The molecule has 0 amide bonds. The molecule has 2 aromatic rings. The third kappa shape index (κ3) is 3.35. The second kappa shape index (κ2) is 6.05. The Bertz CT molecular complexity index is 534. The summed E-state index contributed by atoms with van der Waals surface area (Å²) in [5.41, 5.74) is 8.41. The molecule has 3 nitrogen and oxygen atoms in total. The van der Waals surface area contributed by atoms with Crippen molar-refractivity contribution in [3.05, 3.63) is 65.7 Å².